The van der Waals surface area contributed by atoms with Gasteiger partial charge in [-0.15, -0.1) is 0 Å². The molecule has 0 spiro atoms. The normalized spacial score (nSPS) is 17.0. The number of phenols is 1. The van der Waals surface area contributed by atoms with E-state index in [9.17, 15) is 19.8 Å². The number of furan rings is 2. The average Bonchev–Trinajstić information content (AvgIpc) is 3.57. The number of Topliss-reactive ketones (excluding diaryl/α,β-unsaturated/α-hetero) is 1. The molecule has 0 bridgehead atoms. The molecule has 1 aliphatic heterocycles. The molecule has 0 saturated carbocycles. The van der Waals surface area contributed by atoms with Crippen molar-refractivity contribution in [1.82, 2.24) is 9.80 Å². The number of hydrogen-bond donors (Lipinski definition) is 2. The summed E-state index contributed by atoms with van der Waals surface area (Å²) < 4.78 is 16.4. The number of aliphatic hydroxyl groups excluding tert-OH is 1. The Morgan fingerprint density at radius 2 is 1.88 bits per heavy atom. The number of benzene rings is 1. The minimum Gasteiger partial charge on any atom is -0.504 e. The molecular formula is C25H26N2O7. The lowest BCUT2D eigenvalue weighted by atomic mass is 9.94. The molecule has 3 aromatic rings. The van der Waals surface area contributed by atoms with Crippen molar-refractivity contribution in [1.29, 1.82) is 0 Å². The van der Waals surface area contributed by atoms with E-state index in [0.29, 0.717) is 17.9 Å². The Morgan fingerprint density at radius 3 is 2.50 bits per heavy atom. The average molecular weight is 466 g/mol. The molecule has 0 aliphatic carbocycles. The third kappa shape index (κ3) is 4.17. The number of phenolic OH excluding ortho intramolecular Hbond substituents is 1. The molecule has 0 radical (unpaired) electrons. The highest BCUT2D eigenvalue weighted by molar-refractivity contribution is 6.15. The lowest BCUT2D eigenvalue weighted by Crippen LogP contribution is -2.38. The summed E-state index contributed by atoms with van der Waals surface area (Å²) in [5.41, 5.74) is 0.385. The van der Waals surface area contributed by atoms with E-state index in [-0.39, 0.29) is 35.4 Å². The van der Waals surface area contributed by atoms with Gasteiger partial charge in [0, 0.05) is 6.54 Å². The summed E-state index contributed by atoms with van der Waals surface area (Å²) in [6.45, 7) is 2.21. The number of ether oxygens (including phenoxy) is 1. The lowest BCUT2D eigenvalue weighted by molar-refractivity contribution is -0.130. The zero-order valence-corrected chi connectivity index (χ0v) is 19.1. The maximum Gasteiger partial charge on any atom is 0.290 e. The monoisotopic (exact) mass is 466 g/mol. The van der Waals surface area contributed by atoms with Crippen molar-refractivity contribution < 1.29 is 33.4 Å². The number of amides is 1. The van der Waals surface area contributed by atoms with Crippen LogP contribution in [-0.2, 0) is 4.79 Å². The SMILES string of the molecule is CCOc1cc(C2C(C(=O)c3ccco3)=C(O)C(=O)N2CC(c2ccco2)N(C)C)ccc1O. The number of carbonyl (C=O) groups excluding carboxylic acids is 2. The summed E-state index contributed by atoms with van der Waals surface area (Å²) >= 11 is 0. The molecule has 2 atom stereocenters. The van der Waals surface area contributed by atoms with Crippen LogP contribution in [0.4, 0.5) is 0 Å². The molecule has 9 nitrogen and oxygen atoms in total. The quantitative estimate of drug-likeness (QED) is 0.457. The summed E-state index contributed by atoms with van der Waals surface area (Å²) in [6.07, 6.45) is 2.89. The van der Waals surface area contributed by atoms with Crippen molar-refractivity contribution in [3.05, 3.63) is 83.4 Å². The van der Waals surface area contributed by atoms with Crippen LogP contribution >= 0.6 is 0 Å². The number of likely N-dealkylation sites (N-methyl/N-ethyl adjacent to an activating group) is 1. The van der Waals surface area contributed by atoms with Gasteiger partial charge in [0.05, 0.1) is 36.8 Å². The molecular weight excluding hydrogens is 440 g/mol. The summed E-state index contributed by atoms with van der Waals surface area (Å²) in [6, 6.07) is 9.88. The number of nitrogens with zero attached hydrogens (tertiary/aromatic N) is 2. The second-order valence-corrected chi connectivity index (χ2v) is 8.08. The lowest BCUT2D eigenvalue weighted by Gasteiger charge is -2.32. The van der Waals surface area contributed by atoms with Crippen molar-refractivity contribution in [2.45, 2.75) is 19.0 Å². The first kappa shape index (κ1) is 23.2. The van der Waals surface area contributed by atoms with Gasteiger partial charge < -0.3 is 28.7 Å². The van der Waals surface area contributed by atoms with E-state index in [1.807, 2.05) is 19.0 Å². The molecule has 0 saturated heterocycles. The van der Waals surface area contributed by atoms with E-state index < -0.39 is 23.5 Å². The number of ketones is 1. The summed E-state index contributed by atoms with van der Waals surface area (Å²) in [4.78, 5) is 29.9. The smallest absolute Gasteiger partial charge is 0.290 e. The van der Waals surface area contributed by atoms with Gasteiger partial charge >= 0.3 is 0 Å². The Balaban J connectivity index is 1.81. The number of aromatic hydroxyl groups is 1. The van der Waals surface area contributed by atoms with Gasteiger partial charge in [-0.3, -0.25) is 14.5 Å². The Labute approximate surface area is 196 Å². The predicted molar refractivity (Wildman–Crippen MR) is 122 cm³/mol. The molecule has 1 aliphatic rings. The summed E-state index contributed by atoms with van der Waals surface area (Å²) in [7, 11) is 3.69. The second-order valence-electron chi connectivity index (χ2n) is 8.08. The first-order valence-electron chi connectivity index (χ1n) is 10.8. The fourth-order valence-electron chi connectivity index (χ4n) is 4.11. The highest BCUT2D eigenvalue weighted by Gasteiger charge is 2.45. The fraction of sp³-hybridized carbons (Fsp3) is 0.280. The van der Waals surface area contributed by atoms with Crippen LogP contribution in [0, 0.1) is 0 Å². The Hall–Kier alpha value is -3.98. The molecule has 9 heteroatoms. The Bertz CT molecular complexity index is 1200. The first-order chi connectivity index (χ1) is 16.3. The van der Waals surface area contributed by atoms with Crippen LogP contribution in [0.25, 0.3) is 0 Å². The minimum absolute atomic E-state index is 0.000189. The zero-order valence-electron chi connectivity index (χ0n) is 19.1. The molecule has 1 aromatic carbocycles. The predicted octanol–water partition coefficient (Wildman–Crippen LogP) is 3.86. The third-order valence-electron chi connectivity index (χ3n) is 5.76. The van der Waals surface area contributed by atoms with Gasteiger partial charge in [-0.05, 0) is 63.0 Å². The van der Waals surface area contributed by atoms with Crippen molar-refractivity contribution in [2.75, 3.05) is 27.2 Å². The standard InChI is InChI=1S/C25H26N2O7/c1-4-32-20-13-15(9-10-17(20)28)22-21(23(29)19-8-6-12-34-19)24(30)25(31)27(22)14-16(26(2)3)18-7-5-11-33-18/h5-13,16,22,28,30H,4,14H2,1-3H3. The van der Waals surface area contributed by atoms with E-state index in [1.54, 1.807) is 43.5 Å². The molecule has 178 valence electrons. The molecule has 1 amide bonds. The Kier molecular flexibility index (Phi) is 6.47. The van der Waals surface area contributed by atoms with Crippen molar-refractivity contribution >= 4 is 11.7 Å². The van der Waals surface area contributed by atoms with Crippen LogP contribution in [-0.4, -0.2) is 59.0 Å². The zero-order chi connectivity index (χ0) is 24.4. The number of carbonyl (C=O) groups is 2. The summed E-state index contributed by atoms with van der Waals surface area (Å²) in [5.74, 6) is -1.18. The van der Waals surface area contributed by atoms with Crippen LogP contribution in [0.15, 0.2) is 75.2 Å². The van der Waals surface area contributed by atoms with E-state index in [2.05, 4.69) is 0 Å². The number of hydrogen-bond acceptors (Lipinski definition) is 8. The first-order valence-corrected chi connectivity index (χ1v) is 10.8. The van der Waals surface area contributed by atoms with Gasteiger partial charge in [0.1, 0.15) is 5.76 Å². The van der Waals surface area contributed by atoms with Crippen LogP contribution in [0.1, 0.15) is 40.9 Å². The maximum atomic E-state index is 13.3. The number of rotatable bonds is 9. The van der Waals surface area contributed by atoms with Crippen molar-refractivity contribution in [3.63, 3.8) is 0 Å². The van der Waals surface area contributed by atoms with Crippen LogP contribution in [0.3, 0.4) is 0 Å². The highest BCUT2D eigenvalue weighted by atomic mass is 16.5. The van der Waals surface area contributed by atoms with Gasteiger partial charge in [-0.25, -0.2) is 0 Å². The molecule has 0 fully saturated rings. The third-order valence-corrected chi connectivity index (χ3v) is 5.76. The van der Waals surface area contributed by atoms with Crippen molar-refractivity contribution in [2.24, 2.45) is 0 Å². The van der Waals surface area contributed by atoms with E-state index in [0.717, 1.165) is 0 Å². The van der Waals surface area contributed by atoms with Gasteiger partial charge in [0.2, 0.25) is 5.78 Å². The van der Waals surface area contributed by atoms with Crippen molar-refractivity contribution in [3.8, 4) is 11.5 Å². The molecule has 34 heavy (non-hydrogen) atoms. The van der Waals surface area contributed by atoms with E-state index in [1.165, 1.54) is 23.3 Å². The van der Waals surface area contributed by atoms with Crippen LogP contribution < -0.4 is 4.74 Å². The van der Waals surface area contributed by atoms with E-state index in [4.69, 9.17) is 13.6 Å². The maximum absolute atomic E-state index is 13.3. The van der Waals surface area contributed by atoms with Crippen LogP contribution in [0.2, 0.25) is 0 Å². The van der Waals surface area contributed by atoms with Gasteiger partial charge in [0.15, 0.2) is 23.0 Å². The molecule has 2 unspecified atom stereocenters. The van der Waals surface area contributed by atoms with Gasteiger partial charge in [-0.2, -0.15) is 0 Å². The van der Waals surface area contributed by atoms with Gasteiger partial charge in [0.25, 0.3) is 5.91 Å². The summed E-state index contributed by atoms with van der Waals surface area (Å²) in [5, 5.41) is 21.0. The van der Waals surface area contributed by atoms with Crippen LogP contribution in [0.5, 0.6) is 11.5 Å². The molecule has 2 aromatic heterocycles. The highest BCUT2D eigenvalue weighted by Crippen LogP contribution is 2.42. The fourth-order valence-corrected chi connectivity index (χ4v) is 4.11. The minimum atomic E-state index is -0.942. The topological polar surface area (TPSA) is 117 Å². The Morgan fingerprint density at radius 1 is 1.15 bits per heavy atom. The molecule has 2 N–H and O–H groups in total. The molecule has 3 heterocycles. The largest absolute Gasteiger partial charge is 0.504 e. The molecule has 4 rings (SSSR count). The van der Waals surface area contributed by atoms with E-state index >= 15 is 0 Å². The van der Waals surface area contributed by atoms with Gasteiger partial charge in [-0.1, -0.05) is 6.07 Å². The number of aliphatic hydroxyl groups is 1. The second kappa shape index (κ2) is 9.48.